The number of carboxylic acids is 1. The van der Waals surface area contributed by atoms with Crippen molar-refractivity contribution in [1.29, 1.82) is 0 Å². The maximum absolute atomic E-state index is 12.5. The Morgan fingerprint density at radius 3 is 2.67 bits per heavy atom. The number of carbonyl (C=O) groups is 1. The van der Waals surface area contributed by atoms with Crippen LogP contribution in [0.5, 0.6) is 0 Å². The molecule has 0 bridgehead atoms. The summed E-state index contributed by atoms with van der Waals surface area (Å²) in [6.45, 7) is 0. The maximum Gasteiger partial charge on any atom is 0.338 e. The molecule has 0 spiro atoms. The zero-order chi connectivity index (χ0) is 11.6. The number of alkyl halides is 3. The molecule has 7 heteroatoms. The van der Waals surface area contributed by atoms with E-state index in [1.54, 1.807) is 0 Å². The highest BCUT2D eigenvalue weighted by Gasteiger charge is 2.23. The molecular formula is C8H5BrClF2NO2. The fourth-order valence-electron chi connectivity index (χ4n) is 1.10. The number of hydrogen-bond acceptors (Lipinski definition) is 2. The third kappa shape index (κ3) is 2.63. The summed E-state index contributed by atoms with van der Waals surface area (Å²) in [5.41, 5.74) is -1.12. The molecule has 0 aromatic carbocycles. The lowest BCUT2D eigenvalue weighted by molar-refractivity contribution is 0.0683. The van der Waals surface area contributed by atoms with Crippen molar-refractivity contribution in [3.05, 3.63) is 28.0 Å². The van der Waals surface area contributed by atoms with Crippen LogP contribution in [0, 0.1) is 0 Å². The minimum atomic E-state index is -2.89. The molecule has 3 nitrogen and oxygen atoms in total. The molecule has 0 fully saturated rings. The molecule has 0 saturated heterocycles. The van der Waals surface area contributed by atoms with E-state index in [2.05, 4.69) is 20.9 Å². The monoisotopic (exact) mass is 299 g/mol. The molecule has 0 aliphatic carbocycles. The van der Waals surface area contributed by atoms with Crippen LogP contribution >= 0.6 is 27.5 Å². The quantitative estimate of drug-likeness (QED) is 0.688. The Morgan fingerprint density at radius 1 is 1.67 bits per heavy atom. The first-order valence-corrected chi connectivity index (χ1v) is 5.24. The van der Waals surface area contributed by atoms with Gasteiger partial charge in [-0.1, -0.05) is 27.5 Å². The van der Waals surface area contributed by atoms with Gasteiger partial charge in [0.25, 0.3) is 6.43 Å². The van der Waals surface area contributed by atoms with E-state index in [4.69, 9.17) is 16.7 Å². The largest absolute Gasteiger partial charge is 0.478 e. The molecule has 0 unspecified atom stereocenters. The molecule has 0 saturated carbocycles. The van der Waals surface area contributed by atoms with Gasteiger partial charge in [-0.25, -0.2) is 18.6 Å². The van der Waals surface area contributed by atoms with E-state index in [1.807, 2.05) is 0 Å². The van der Waals surface area contributed by atoms with Crippen LogP contribution in [-0.4, -0.2) is 16.1 Å². The minimum absolute atomic E-state index is 0.00898. The average Bonchev–Trinajstić information content (AvgIpc) is 2.15. The van der Waals surface area contributed by atoms with Crippen LogP contribution in [0.1, 0.15) is 28.0 Å². The number of aromatic carboxylic acids is 1. The first-order chi connectivity index (χ1) is 6.97. The first kappa shape index (κ1) is 12.3. The van der Waals surface area contributed by atoms with Crippen LogP contribution in [0.25, 0.3) is 0 Å². The second-order valence-corrected chi connectivity index (χ2v) is 3.54. The summed E-state index contributed by atoms with van der Waals surface area (Å²) in [7, 11) is 0. The van der Waals surface area contributed by atoms with Crippen LogP contribution in [0.3, 0.4) is 0 Å². The lowest BCUT2D eigenvalue weighted by Crippen LogP contribution is -2.09. The maximum atomic E-state index is 12.5. The van der Waals surface area contributed by atoms with Crippen molar-refractivity contribution in [2.24, 2.45) is 0 Å². The fourth-order valence-corrected chi connectivity index (χ4v) is 1.73. The van der Waals surface area contributed by atoms with Crippen molar-refractivity contribution in [1.82, 2.24) is 4.98 Å². The number of carboxylic acid groups (broad SMARTS) is 1. The highest BCUT2D eigenvalue weighted by atomic mass is 79.9. The van der Waals surface area contributed by atoms with Gasteiger partial charge in [0.15, 0.2) is 0 Å². The number of hydrogen-bond donors (Lipinski definition) is 1. The van der Waals surface area contributed by atoms with Crippen molar-refractivity contribution in [2.45, 2.75) is 11.8 Å². The van der Waals surface area contributed by atoms with E-state index in [0.29, 0.717) is 0 Å². The zero-order valence-electron chi connectivity index (χ0n) is 7.18. The molecule has 0 aliphatic rings. The van der Waals surface area contributed by atoms with Gasteiger partial charge in [0.1, 0.15) is 5.15 Å². The van der Waals surface area contributed by atoms with Crippen LogP contribution in [0.4, 0.5) is 8.78 Å². The smallest absolute Gasteiger partial charge is 0.338 e. The summed E-state index contributed by atoms with van der Waals surface area (Å²) in [5, 5.41) is 8.68. The van der Waals surface area contributed by atoms with Gasteiger partial charge in [0.2, 0.25) is 0 Å². The molecule has 0 amide bonds. The molecule has 1 rings (SSSR count). The number of aromatic nitrogens is 1. The van der Waals surface area contributed by atoms with Gasteiger partial charge in [-0.2, -0.15) is 0 Å². The summed E-state index contributed by atoms with van der Waals surface area (Å²) in [6.07, 6.45) is -2.89. The Labute approximate surface area is 97.2 Å². The zero-order valence-corrected chi connectivity index (χ0v) is 9.52. The number of pyridine rings is 1. The predicted molar refractivity (Wildman–Crippen MR) is 53.8 cm³/mol. The first-order valence-electron chi connectivity index (χ1n) is 3.74. The topological polar surface area (TPSA) is 50.2 Å². The van der Waals surface area contributed by atoms with Gasteiger partial charge in [-0.15, -0.1) is 0 Å². The van der Waals surface area contributed by atoms with Crippen molar-refractivity contribution < 1.29 is 18.7 Å². The summed E-state index contributed by atoms with van der Waals surface area (Å²) in [4.78, 5) is 14.4. The molecule has 1 aromatic heterocycles. The van der Waals surface area contributed by atoms with Crippen LogP contribution in [0.2, 0.25) is 5.15 Å². The van der Waals surface area contributed by atoms with E-state index in [0.717, 1.165) is 6.07 Å². The minimum Gasteiger partial charge on any atom is -0.478 e. The van der Waals surface area contributed by atoms with Gasteiger partial charge in [-0.05, 0) is 6.07 Å². The summed E-state index contributed by atoms with van der Waals surface area (Å²) < 4.78 is 25.0. The predicted octanol–water partition coefficient (Wildman–Crippen LogP) is 3.27. The van der Waals surface area contributed by atoms with Gasteiger partial charge < -0.3 is 5.11 Å². The van der Waals surface area contributed by atoms with Crippen LogP contribution < -0.4 is 0 Å². The van der Waals surface area contributed by atoms with Crippen molar-refractivity contribution in [3.63, 3.8) is 0 Å². The molecule has 0 atom stereocenters. The van der Waals surface area contributed by atoms with Gasteiger partial charge in [0, 0.05) is 10.9 Å². The number of rotatable bonds is 3. The molecular weight excluding hydrogens is 295 g/mol. The normalized spacial score (nSPS) is 10.7. The Bertz CT molecular complexity index is 400. The van der Waals surface area contributed by atoms with E-state index in [9.17, 15) is 13.6 Å². The molecule has 0 radical (unpaired) electrons. The highest BCUT2D eigenvalue weighted by Crippen LogP contribution is 2.28. The third-order valence-electron chi connectivity index (χ3n) is 1.67. The second-order valence-electron chi connectivity index (χ2n) is 2.60. The lowest BCUT2D eigenvalue weighted by Gasteiger charge is -2.09. The van der Waals surface area contributed by atoms with E-state index in [-0.39, 0.29) is 16.2 Å². The summed E-state index contributed by atoms with van der Waals surface area (Å²) in [5.74, 6) is -1.44. The summed E-state index contributed by atoms with van der Waals surface area (Å²) in [6, 6.07) is 0.863. The molecule has 1 aromatic rings. The third-order valence-corrected chi connectivity index (χ3v) is 2.39. The van der Waals surface area contributed by atoms with Crippen molar-refractivity contribution in [2.75, 3.05) is 0 Å². The average molecular weight is 300 g/mol. The number of nitrogens with zero attached hydrogens (tertiary/aromatic N) is 1. The van der Waals surface area contributed by atoms with Gasteiger partial charge >= 0.3 is 5.97 Å². The molecule has 0 aliphatic heterocycles. The van der Waals surface area contributed by atoms with Crippen LogP contribution in [0.15, 0.2) is 6.07 Å². The van der Waals surface area contributed by atoms with Gasteiger partial charge in [-0.3, -0.25) is 0 Å². The molecule has 1 N–H and O–H groups in total. The summed E-state index contributed by atoms with van der Waals surface area (Å²) >= 11 is 8.46. The highest BCUT2D eigenvalue weighted by molar-refractivity contribution is 9.08. The van der Waals surface area contributed by atoms with Crippen molar-refractivity contribution in [3.8, 4) is 0 Å². The van der Waals surface area contributed by atoms with E-state index < -0.39 is 23.5 Å². The Kier molecular flexibility index (Phi) is 3.98. The molecule has 82 valence electrons. The number of halogens is 4. The van der Waals surface area contributed by atoms with Crippen LogP contribution in [-0.2, 0) is 5.33 Å². The fraction of sp³-hybridized carbons (Fsp3) is 0.250. The van der Waals surface area contributed by atoms with Gasteiger partial charge in [0.05, 0.1) is 11.3 Å². The lowest BCUT2D eigenvalue weighted by atomic mass is 10.1. The van der Waals surface area contributed by atoms with Crippen molar-refractivity contribution >= 4 is 33.5 Å². The Hall–Kier alpha value is -0.750. The standard InChI is InChI=1S/C8H5BrClF2NO2/c9-2-4-6(8(14)15)3(7(11)12)1-5(10)13-4/h1,7H,2H2,(H,14,15). The Balaban J connectivity index is 3.47. The Morgan fingerprint density at radius 2 is 2.27 bits per heavy atom. The molecule has 15 heavy (non-hydrogen) atoms. The molecule has 1 heterocycles. The van der Waals surface area contributed by atoms with E-state index in [1.165, 1.54) is 0 Å². The second kappa shape index (κ2) is 4.85. The SMILES string of the molecule is O=C(O)c1c(C(F)F)cc(Cl)nc1CBr. The van der Waals surface area contributed by atoms with E-state index >= 15 is 0 Å².